The summed E-state index contributed by atoms with van der Waals surface area (Å²) in [6.07, 6.45) is 15.7. The van der Waals surface area contributed by atoms with Crippen molar-refractivity contribution in [3.63, 3.8) is 0 Å². The predicted octanol–water partition coefficient (Wildman–Crippen LogP) is 7.83. The van der Waals surface area contributed by atoms with Crippen LogP contribution in [0.25, 0.3) is 11.0 Å². The van der Waals surface area contributed by atoms with Gasteiger partial charge in [0, 0.05) is 0 Å². The first-order valence-electron chi connectivity index (χ1n) is 12.8. The van der Waals surface area contributed by atoms with E-state index in [1.54, 1.807) is 0 Å². The Bertz CT molecular complexity index is 897. The number of benzene rings is 1. The van der Waals surface area contributed by atoms with Gasteiger partial charge in [0.2, 0.25) is 5.75 Å². The van der Waals surface area contributed by atoms with Crippen molar-refractivity contribution >= 4 is 11.0 Å². The highest BCUT2D eigenvalue weighted by atomic mass is 16.5. The van der Waals surface area contributed by atoms with Gasteiger partial charge in [0.15, 0.2) is 17.1 Å². The molecule has 1 aromatic heterocycles. The van der Waals surface area contributed by atoms with E-state index in [-0.39, 0.29) is 11.9 Å². The molecule has 0 saturated carbocycles. The molecular formula is C28H42O5. The molecule has 0 fully saturated rings. The van der Waals surface area contributed by atoms with Crippen LogP contribution < -0.4 is 19.8 Å². The average Bonchev–Trinajstić information content (AvgIpc) is 2.79. The van der Waals surface area contributed by atoms with Gasteiger partial charge >= 0.3 is 5.63 Å². The number of ether oxygens (including phenoxy) is 3. The van der Waals surface area contributed by atoms with Crippen molar-refractivity contribution in [2.45, 2.75) is 98.0 Å². The van der Waals surface area contributed by atoms with E-state index in [2.05, 4.69) is 26.0 Å². The first-order chi connectivity index (χ1) is 16.1. The topological polar surface area (TPSA) is 57.9 Å². The minimum Gasteiger partial charge on any atom is -0.490 e. The third-order valence-electron chi connectivity index (χ3n) is 5.35. The van der Waals surface area contributed by atoms with Gasteiger partial charge in [-0.15, -0.1) is 0 Å². The standard InChI is InChI=1S/C28H42O5/c1-5-7-9-11-12-13-14-16-20-30-24-19-17-18-23-25(24)33-28(29)27(32-22(3)4)26(23)31-21-15-10-8-6-2/h8,10,17-19,22H,5-7,9,11-16,20-21H2,1-4H3. The minimum atomic E-state index is -0.543. The highest BCUT2D eigenvalue weighted by Gasteiger charge is 2.21. The summed E-state index contributed by atoms with van der Waals surface area (Å²) in [5.74, 6) is 1.12. The van der Waals surface area contributed by atoms with Gasteiger partial charge in [-0.05, 0) is 45.2 Å². The molecule has 0 saturated heterocycles. The van der Waals surface area contributed by atoms with Crippen LogP contribution in [0.1, 0.15) is 91.9 Å². The molecule has 0 unspecified atom stereocenters. The number of rotatable bonds is 17. The molecule has 0 bridgehead atoms. The maximum atomic E-state index is 12.8. The minimum absolute atomic E-state index is 0.122. The van der Waals surface area contributed by atoms with Gasteiger partial charge in [-0.1, -0.05) is 77.0 Å². The molecule has 0 aliphatic carbocycles. The zero-order chi connectivity index (χ0) is 23.9. The molecule has 184 valence electrons. The van der Waals surface area contributed by atoms with E-state index >= 15 is 0 Å². The van der Waals surface area contributed by atoms with Crippen molar-refractivity contribution in [3.05, 3.63) is 40.8 Å². The fraction of sp³-hybridized carbons (Fsp3) is 0.607. The van der Waals surface area contributed by atoms with E-state index in [4.69, 9.17) is 18.6 Å². The molecule has 0 amide bonds. The summed E-state index contributed by atoms with van der Waals surface area (Å²) in [6, 6.07) is 5.62. The maximum Gasteiger partial charge on any atom is 0.383 e. The van der Waals surface area contributed by atoms with Gasteiger partial charge in [0.1, 0.15) is 0 Å². The van der Waals surface area contributed by atoms with Crippen molar-refractivity contribution in [1.82, 2.24) is 0 Å². The molecule has 33 heavy (non-hydrogen) atoms. The van der Waals surface area contributed by atoms with Crippen LogP contribution in [0.3, 0.4) is 0 Å². The Kier molecular flexibility index (Phi) is 12.5. The summed E-state index contributed by atoms with van der Waals surface area (Å²) in [5.41, 5.74) is -0.129. The Balaban J connectivity index is 2.09. The van der Waals surface area contributed by atoms with E-state index in [0.29, 0.717) is 35.7 Å². The zero-order valence-corrected chi connectivity index (χ0v) is 21.0. The zero-order valence-electron chi connectivity index (χ0n) is 21.0. The monoisotopic (exact) mass is 458 g/mol. The molecule has 1 aromatic carbocycles. The molecule has 0 radical (unpaired) electrons. The smallest absolute Gasteiger partial charge is 0.383 e. The van der Waals surface area contributed by atoms with E-state index in [1.807, 2.05) is 32.0 Å². The van der Waals surface area contributed by atoms with Crippen LogP contribution in [0.15, 0.2) is 39.6 Å². The summed E-state index contributed by atoms with van der Waals surface area (Å²) in [4.78, 5) is 12.8. The van der Waals surface area contributed by atoms with Crippen LogP contribution in [0.5, 0.6) is 17.2 Å². The van der Waals surface area contributed by atoms with Crippen LogP contribution in [-0.4, -0.2) is 19.3 Å². The highest BCUT2D eigenvalue weighted by Crippen LogP contribution is 2.37. The van der Waals surface area contributed by atoms with Gasteiger partial charge in [-0.3, -0.25) is 0 Å². The summed E-state index contributed by atoms with van der Waals surface area (Å²) in [7, 11) is 0. The molecule has 0 spiro atoms. The van der Waals surface area contributed by atoms with Crippen molar-refractivity contribution in [1.29, 1.82) is 0 Å². The predicted molar refractivity (Wildman–Crippen MR) is 136 cm³/mol. The fourth-order valence-corrected chi connectivity index (χ4v) is 3.68. The Morgan fingerprint density at radius 2 is 1.61 bits per heavy atom. The quantitative estimate of drug-likeness (QED) is 0.137. The molecular weight excluding hydrogens is 416 g/mol. The number of fused-ring (bicyclic) bond motifs is 1. The second-order valence-electron chi connectivity index (χ2n) is 8.69. The number of para-hydroxylation sites is 1. The fourth-order valence-electron chi connectivity index (χ4n) is 3.68. The lowest BCUT2D eigenvalue weighted by atomic mass is 10.1. The van der Waals surface area contributed by atoms with Gasteiger partial charge < -0.3 is 18.6 Å². The SMILES string of the molecule is CCC=CCCOc1c(OC(C)C)c(=O)oc2c(OCCCCCCCCCC)cccc12. The van der Waals surface area contributed by atoms with Gasteiger partial charge in [0.05, 0.1) is 24.7 Å². The van der Waals surface area contributed by atoms with E-state index < -0.39 is 5.63 Å². The highest BCUT2D eigenvalue weighted by molar-refractivity contribution is 5.89. The van der Waals surface area contributed by atoms with Crippen LogP contribution in [0.4, 0.5) is 0 Å². The van der Waals surface area contributed by atoms with Gasteiger partial charge in [-0.25, -0.2) is 4.79 Å². The van der Waals surface area contributed by atoms with Gasteiger partial charge in [-0.2, -0.15) is 0 Å². The number of unbranched alkanes of at least 4 members (excludes halogenated alkanes) is 7. The van der Waals surface area contributed by atoms with E-state index in [0.717, 1.165) is 25.7 Å². The lowest BCUT2D eigenvalue weighted by Crippen LogP contribution is -2.15. The van der Waals surface area contributed by atoms with Crippen LogP contribution >= 0.6 is 0 Å². The lowest BCUT2D eigenvalue weighted by molar-refractivity contribution is 0.212. The first-order valence-corrected chi connectivity index (χ1v) is 12.8. The second kappa shape index (κ2) is 15.4. The van der Waals surface area contributed by atoms with Crippen molar-refractivity contribution in [3.8, 4) is 17.2 Å². The van der Waals surface area contributed by atoms with Crippen molar-refractivity contribution < 1.29 is 18.6 Å². The van der Waals surface area contributed by atoms with E-state index in [9.17, 15) is 4.79 Å². The third kappa shape index (κ3) is 9.15. The first kappa shape index (κ1) is 26.8. The number of allylic oxidation sites excluding steroid dienone is 1. The molecule has 2 rings (SSSR count). The third-order valence-corrected chi connectivity index (χ3v) is 5.35. The molecule has 0 aliphatic heterocycles. The number of hydrogen-bond acceptors (Lipinski definition) is 5. The van der Waals surface area contributed by atoms with Crippen LogP contribution in [0, 0.1) is 0 Å². The summed E-state index contributed by atoms with van der Waals surface area (Å²) in [6.45, 7) is 9.14. The molecule has 2 aromatic rings. The summed E-state index contributed by atoms with van der Waals surface area (Å²) in [5, 5.41) is 0.693. The Hall–Kier alpha value is -2.43. The molecule has 5 nitrogen and oxygen atoms in total. The summed E-state index contributed by atoms with van der Waals surface area (Å²) < 4.78 is 23.5. The molecule has 0 N–H and O–H groups in total. The van der Waals surface area contributed by atoms with Crippen molar-refractivity contribution in [2.24, 2.45) is 0 Å². The van der Waals surface area contributed by atoms with Gasteiger partial charge in [0.25, 0.3) is 0 Å². The largest absolute Gasteiger partial charge is 0.490 e. The maximum absolute atomic E-state index is 12.8. The Morgan fingerprint density at radius 3 is 2.30 bits per heavy atom. The van der Waals surface area contributed by atoms with Crippen molar-refractivity contribution in [2.75, 3.05) is 13.2 Å². The molecule has 0 aliphatic rings. The second-order valence-corrected chi connectivity index (χ2v) is 8.69. The molecule has 5 heteroatoms. The van der Waals surface area contributed by atoms with Crippen LogP contribution in [0.2, 0.25) is 0 Å². The Morgan fingerprint density at radius 1 is 0.879 bits per heavy atom. The van der Waals surface area contributed by atoms with Crippen LogP contribution in [-0.2, 0) is 0 Å². The molecule has 0 atom stereocenters. The molecule has 1 heterocycles. The Labute approximate surface area is 199 Å². The summed E-state index contributed by atoms with van der Waals surface area (Å²) >= 11 is 0. The lowest BCUT2D eigenvalue weighted by Gasteiger charge is -2.16. The number of hydrogen-bond donors (Lipinski definition) is 0. The average molecular weight is 459 g/mol. The normalized spacial score (nSPS) is 11.5. The van der Waals surface area contributed by atoms with E-state index in [1.165, 1.54) is 38.5 Å².